The normalized spacial score (nSPS) is 13.6. The molecule has 1 aromatic rings. The van der Waals surface area contributed by atoms with E-state index in [-0.39, 0.29) is 6.54 Å². The molecule has 2 N–H and O–H groups in total. The van der Waals surface area contributed by atoms with E-state index in [9.17, 15) is 15.0 Å². The summed E-state index contributed by atoms with van der Waals surface area (Å²) in [6, 6.07) is 6.14. The minimum absolute atomic E-state index is 0.201. The molecule has 1 rings (SSSR count). The summed E-state index contributed by atoms with van der Waals surface area (Å²) in [5, 5.41) is 22.3. The molecule has 0 aliphatic rings. The fraction of sp³-hybridized carbons (Fsp3) is 0.300. The van der Waals surface area contributed by atoms with Crippen LogP contribution in [0.2, 0.25) is 0 Å². The highest BCUT2D eigenvalue weighted by molar-refractivity contribution is 5.74. The molecule has 0 saturated carbocycles. The summed E-state index contributed by atoms with van der Waals surface area (Å²) in [6.45, 7) is -0.201. The van der Waals surface area contributed by atoms with E-state index in [4.69, 9.17) is 5.53 Å². The highest BCUT2D eigenvalue weighted by Crippen LogP contribution is 2.17. The standard InChI is InChI=1S/C10H11N3O3/c11-13-12-5-9(15)10(16)8-3-1-7(6-14)2-4-8/h1-4,6,9-10,15-16H,5H2. The highest BCUT2D eigenvalue weighted by Gasteiger charge is 2.17. The average molecular weight is 221 g/mol. The molecular weight excluding hydrogens is 210 g/mol. The van der Waals surface area contributed by atoms with Crippen LogP contribution in [0.15, 0.2) is 29.4 Å². The first-order chi connectivity index (χ1) is 7.69. The summed E-state index contributed by atoms with van der Waals surface area (Å²) in [7, 11) is 0. The molecule has 6 nitrogen and oxygen atoms in total. The Morgan fingerprint density at radius 2 is 2.00 bits per heavy atom. The zero-order valence-electron chi connectivity index (χ0n) is 8.39. The Labute approximate surface area is 91.8 Å². The fourth-order valence-electron chi connectivity index (χ4n) is 1.21. The lowest BCUT2D eigenvalue weighted by Crippen LogP contribution is -2.21. The molecule has 2 atom stereocenters. The Kier molecular flexibility index (Phi) is 4.47. The number of aliphatic hydroxyl groups excluding tert-OH is 2. The zero-order valence-corrected chi connectivity index (χ0v) is 8.39. The molecule has 0 aromatic heterocycles. The molecule has 2 unspecified atom stereocenters. The molecule has 0 aliphatic carbocycles. The van der Waals surface area contributed by atoms with Crippen LogP contribution < -0.4 is 0 Å². The van der Waals surface area contributed by atoms with Gasteiger partial charge in [-0.05, 0) is 11.1 Å². The van der Waals surface area contributed by atoms with Crippen molar-refractivity contribution in [3.8, 4) is 0 Å². The van der Waals surface area contributed by atoms with Crippen LogP contribution in [0, 0.1) is 0 Å². The second-order valence-corrected chi connectivity index (χ2v) is 3.21. The van der Waals surface area contributed by atoms with Gasteiger partial charge in [-0.25, -0.2) is 0 Å². The van der Waals surface area contributed by atoms with Gasteiger partial charge in [-0.2, -0.15) is 0 Å². The van der Waals surface area contributed by atoms with E-state index < -0.39 is 12.2 Å². The molecule has 0 spiro atoms. The Balaban J connectivity index is 2.74. The van der Waals surface area contributed by atoms with E-state index >= 15 is 0 Å². The van der Waals surface area contributed by atoms with Gasteiger partial charge in [0.25, 0.3) is 0 Å². The molecule has 1 aromatic carbocycles. The largest absolute Gasteiger partial charge is 0.390 e. The summed E-state index contributed by atoms with van der Waals surface area (Å²) in [5.74, 6) is 0. The van der Waals surface area contributed by atoms with E-state index in [0.717, 1.165) is 0 Å². The third-order valence-corrected chi connectivity index (χ3v) is 2.11. The van der Waals surface area contributed by atoms with E-state index in [0.29, 0.717) is 17.4 Å². The predicted molar refractivity (Wildman–Crippen MR) is 56.8 cm³/mol. The summed E-state index contributed by atoms with van der Waals surface area (Å²) in [6.07, 6.45) is -1.60. The monoisotopic (exact) mass is 221 g/mol. The number of carbonyl (C=O) groups excluding carboxylic acids is 1. The lowest BCUT2D eigenvalue weighted by Gasteiger charge is -2.16. The van der Waals surface area contributed by atoms with Crippen molar-refractivity contribution in [1.82, 2.24) is 0 Å². The smallest absolute Gasteiger partial charge is 0.150 e. The number of benzene rings is 1. The molecule has 16 heavy (non-hydrogen) atoms. The minimum atomic E-state index is -1.15. The topological polar surface area (TPSA) is 106 Å². The van der Waals surface area contributed by atoms with Gasteiger partial charge >= 0.3 is 0 Å². The summed E-state index contributed by atoms with van der Waals surface area (Å²) < 4.78 is 0. The van der Waals surface area contributed by atoms with Crippen molar-refractivity contribution in [2.24, 2.45) is 5.11 Å². The summed E-state index contributed by atoms with van der Waals surface area (Å²) >= 11 is 0. The fourth-order valence-corrected chi connectivity index (χ4v) is 1.21. The molecule has 0 amide bonds. The number of aldehydes is 1. The minimum Gasteiger partial charge on any atom is -0.390 e. The van der Waals surface area contributed by atoms with Crippen molar-refractivity contribution >= 4 is 6.29 Å². The van der Waals surface area contributed by atoms with Gasteiger partial charge in [-0.3, -0.25) is 4.79 Å². The maximum absolute atomic E-state index is 10.4. The van der Waals surface area contributed by atoms with Crippen molar-refractivity contribution in [2.45, 2.75) is 12.2 Å². The Bertz CT molecular complexity index is 398. The van der Waals surface area contributed by atoms with Crippen LogP contribution in [-0.4, -0.2) is 29.1 Å². The van der Waals surface area contributed by atoms with Crippen molar-refractivity contribution in [3.05, 3.63) is 45.8 Å². The number of hydrogen-bond donors (Lipinski definition) is 2. The molecule has 0 fully saturated rings. The van der Waals surface area contributed by atoms with Gasteiger partial charge in [0.05, 0.1) is 12.6 Å². The van der Waals surface area contributed by atoms with Gasteiger partial charge in [0, 0.05) is 10.5 Å². The maximum atomic E-state index is 10.4. The SMILES string of the molecule is [N-]=[N+]=NCC(O)C(O)c1ccc(C=O)cc1. The predicted octanol–water partition coefficient (Wildman–Crippen LogP) is 1.20. The summed E-state index contributed by atoms with van der Waals surface area (Å²) in [5.41, 5.74) is 9.01. The zero-order chi connectivity index (χ0) is 12.0. The maximum Gasteiger partial charge on any atom is 0.150 e. The summed E-state index contributed by atoms with van der Waals surface area (Å²) in [4.78, 5) is 12.9. The van der Waals surface area contributed by atoms with Crippen molar-refractivity contribution in [1.29, 1.82) is 0 Å². The van der Waals surface area contributed by atoms with Crippen LogP contribution in [0.25, 0.3) is 10.4 Å². The number of azide groups is 1. The van der Waals surface area contributed by atoms with Gasteiger partial charge < -0.3 is 10.2 Å². The first-order valence-corrected chi connectivity index (χ1v) is 4.61. The van der Waals surface area contributed by atoms with E-state index in [1.54, 1.807) is 0 Å². The molecule has 84 valence electrons. The third-order valence-electron chi connectivity index (χ3n) is 2.11. The van der Waals surface area contributed by atoms with Gasteiger partial charge in [0.15, 0.2) is 0 Å². The number of hydrogen-bond acceptors (Lipinski definition) is 4. The first kappa shape index (κ1) is 12.2. The highest BCUT2D eigenvalue weighted by atomic mass is 16.3. The van der Waals surface area contributed by atoms with E-state index in [1.807, 2.05) is 0 Å². The third kappa shape index (κ3) is 3.06. The first-order valence-electron chi connectivity index (χ1n) is 4.61. The van der Waals surface area contributed by atoms with Crippen LogP contribution >= 0.6 is 0 Å². The Morgan fingerprint density at radius 3 is 2.50 bits per heavy atom. The molecule has 6 heteroatoms. The van der Waals surface area contributed by atoms with Crippen LogP contribution in [-0.2, 0) is 0 Å². The Morgan fingerprint density at radius 1 is 1.38 bits per heavy atom. The second kappa shape index (κ2) is 5.87. The Hall–Kier alpha value is -1.88. The number of carbonyl (C=O) groups is 1. The lowest BCUT2D eigenvalue weighted by atomic mass is 10.0. The number of aliphatic hydroxyl groups is 2. The molecule has 0 aliphatic heterocycles. The van der Waals surface area contributed by atoms with Gasteiger partial charge in [0.2, 0.25) is 0 Å². The quantitative estimate of drug-likeness (QED) is 0.337. The van der Waals surface area contributed by atoms with Crippen molar-refractivity contribution in [3.63, 3.8) is 0 Å². The van der Waals surface area contributed by atoms with Crippen LogP contribution in [0.5, 0.6) is 0 Å². The van der Waals surface area contributed by atoms with Crippen molar-refractivity contribution in [2.75, 3.05) is 6.54 Å². The lowest BCUT2D eigenvalue weighted by molar-refractivity contribution is 0.0244. The number of nitrogens with zero attached hydrogens (tertiary/aromatic N) is 3. The molecular formula is C10H11N3O3. The van der Waals surface area contributed by atoms with Crippen LogP contribution in [0.1, 0.15) is 22.0 Å². The average Bonchev–Trinajstić information content (AvgIpc) is 2.35. The van der Waals surface area contributed by atoms with Gasteiger partial charge in [-0.1, -0.05) is 29.4 Å². The molecule has 0 saturated heterocycles. The molecule has 0 bridgehead atoms. The van der Waals surface area contributed by atoms with E-state index in [2.05, 4.69) is 10.0 Å². The number of rotatable bonds is 5. The van der Waals surface area contributed by atoms with Crippen molar-refractivity contribution < 1.29 is 15.0 Å². The van der Waals surface area contributed by atoms with Gasteiger partial charge in [-0.15, -0.1) is 0 Å². The second-order valence-electron chi connectivity index (χ2n) is 3.21. The van der Waals surface area contributed by atoms with E-state index in [1.165, 1.54) is 24.3 Å². The van der Waals surface area contributed by atoms with Crippen LogP contribution in [0.4, 0.5) is 0 Å². The molecule has 0 heterocycles. The molecule has 0 radical (unpaired) electrons. The van der Waals surface area contributed by atoms with Crippen LogP contribution in [0.3, 0.4) is 0 Å². The van der Waals surface area contributed by atoms with Gasteiger partial charge in [0.1, 0.15) is 12.4 Å².